The normalized spacial score (nSPS) is 11.2. The number of aromatic nitrogens is 1. The van der Waals surface area contributed by atoms with E-state index >= 15 is 0 Å². The molecule has 0 bridgehead atoms. The average molecular weight is 166 g/mol. The summed E-state index contributed by atoms with van der Waals surface area (Å²) in [6.45, 7) is 0. The lowest BCUT2D eigenvalue weighted by Gasteiger charge is -1.90. The van der Waals surface area contributed by atoms with Gasteiger partial charge in [0.1, 0.15) is 0 Å². The van der Waals surface area contributed by atoms with E-state index in [0.29, 0.717) is 5.69 Å². The molecule has 0 aliphatic carbocycles. The lowest BCUT2D eigenvalue weighted by Crippen LogP contribution is -2.10. The van der Waals surface area contributed by atoms with Gasteiger partial charge in [-0.15, -0.1) is 0 Å². The van der Waals surface area contributed by atoms with Crippen LogP contribution in [0.2, 0.25) is 0 Å². The molecule has 0 radical (unpaired) electrons. The van der Waals surface area contributed by atoms with Crippen molar-refractivity contribution in [1.29, 1.82) is 0 Å². The molecule has 4 heteroatoms. The Morgan fingerprint density at radius 1 is 1.58 bits per heavy atom. The third-order valence-electron chi connectivity index (χ3n) is 1.20. The van der Waals surface area contributed by atoms with Crippen LogP contribution in [0, 0.1) is 0 Å². The van der Waals surface area contributed by atoms with E-state index < -0.39 is 11.7 Å². The second-order valence-corrected chi connectivity index (χ2v) is 2.11. The number of hydrogen-bond donors (Lipinski definition) is 1. The predicted molar refractivity (Wildman–Crippen MR) is 42.5 cm³/mol. The molecule has 0 saturated carbocycles. The fourth-order valence-corrected chi connectivity index (χ4v) is 0.662. The van der Waals surface area contributed by atoms with Crippen LogP contribution in [0.5, 0.6) is 0 Å². The first-order valence-corrected chi connectivity index (χ1v) is 3.28. The lowest BCUT2D eigenvalue weighted by molar-refractivity contribution is -0.115. The van der Waals surface area contributed by atoms with Crippen LogP contribution < -0.4 is 5.73 Å². The Hall–Kier alpha value is -1.71. The lowest BCUT2D eigenvalue weighted by atomic mass is 10.3. The van der Waals surface area contributed by atoms with Gasteiger partial charge in [0.15, 0.2) is 5.83 Å². The van der Waals surface area contributed by atoms with E-state index in [1.807, 2.05) is 0 Å². The van der Waals surface area contributed by atoms with E-state index in [4.69, 9.17) is 0 Å². The summed E-state index contributed by atoms with van der Waals surface area (Å²) < 4.78 is 12.6. The summed E-state index contributed by atoms with van der Waals surface area (Å²) in [4.78, 5) is 14.0. The van der Waals surface area contributed by atoms with Crippen molar-refractivity contribution in [2.75, 3.05) is 0 Å². The zero-order valence-electron chi connectivity index (χ0n) is 6.20. The van der Waals surface area contributed by atoms with Crippen LogP contribution in [0.1, 0.15) is 5.69 Å². The number of pyridine rings is 1. The van der Waals surface area contributed by atoms with Crippen molar-refractivity contribution in [2.24, 2.45) is 5.73 Å². The van der Waals surface area contributed by atoms with Crippen LogP contribution in [0.15, 0.2) is 30.2 Å². The fraction of sp³-hybridized carbons (Fsp3) is 0. The molecule has 0 fully saturated rings. The molecule has 62 valence electrons. The predicted octanol–water partition coefficient (Wildman–Crippen LogP) is 0.877. The molecule has 2 N–H and O–H groups in total. The standard InChI is InChI=1S/C8H7FN2O/c9-7(8(10)12)5-6-3-1-2-4-11-6/h1-5H,(H2,10,12). The molecule has 0 aliphatic heterocycles. The molecule has 1 aromatic rings. The average Bonchev–Trinajstić information content (AvgIpc) is 2.06. The molecule has 1 heterocycles. The van der Waals surface area contributed by atoms with Crippen molar-refractivity contribution in [1.82, 2.24) is 4.98 Å². The summed E-state index contributed by atoms with van der Waals surface area (Å²) in [5.41, 5.74) is 5.04. The van der Waals surface area contributed by atoms with Gasteiger partial charge in [-0.3, -0.25) is 9.78 Å². The summed E-state index contributed by atoms with van der Waals surface area (Å²) in [6.07, 6.45) is 2.49. The second kappa shape index (κ2) is 3.61. The van der Waals surface area contributed by atoms with Gasteiger partial charge in [-0.1, -0.05) is 6.07 Å². The van der Waals surface area contributed by atoms with Gasteiger partial charge in [0.25, 0.3) is 5.91 Å². The van der Waals surface area contributed by atoms with E-state index in [2.05, 4.69) is 10.7 Å². The first-order chi connectivity index (χ1) is 5.70. The van der Waals surface area contributed by atoms with Gasteiger partial charge < -0.3 is 5.73 Å². The third-order valence-corrected chi connectivity index (χ3v) is 1.20. The first-order valence-electron chi connectivity index (χ1n) is 3.28. The molecule has 0 aliphatic rings. The van der Waals surface area contributed by atoms with Gasteiger partial charge in [0.2, 0.25) is 0 Å². The number of hydrogen-bond acceptors (Lipinski definition) is 2. The van der Waals surface area contributed by atoms with E-state index in [-0.39, 0.29) is 0 Å². The van der Waals surface area contributed by atoms with E-state index in [1.54, 1.807) is 18.2 Å². The first kappa shape index (κ1) is 8.39. The Labute approximate surface area is 68.7 Å². The van der Waals surface area contributed by atoms with Gasteiger partial charge in [-0.05, 0) is 12.1 Å². The Kier molecular flexibility index (Phi) is 2.53. The Bertz CT molecular complexity index is 308. The fourth-order valence-electron chi connectivity index (χ4n) is 0.662. The Morgan fingerprint density at radius 3 is 2.83 bits per heavy atom. The number of primary amides is 1. The zero-order chi connectivity index (χ0) is 8.97. The highest BCUT2D eigenvalue weighted by Crippen LogP contribution is 2.03. The maximum atomic E-state index is 12.6. The SMILES string of the molecule is NC(=O)C(F)=Cc1ccccn1. The Morgan fingerprint density at radius 2 is 2.33 bits per heavy atom. The monoisotopic (exact) mass is 166 g/mol. The summed E-state index contributed by atoms with van der Waals surface area (Å²) in [5.74, 6) is -2.07. The number of halogens is 1. The van der Waals surface area contributed by atoms with Crippen molar-refractivity contribution in [3.63, 3.8) is 0 Å². The van der Waals surface area contributed by atoms with Gasteiger partial charge in [0.05, 0.1) is 5.69 Å². The molecule has 0 aromatic carbocycles. The minimum atomic E-state index is -1.08. The van der Waals surface area contributed by atoms with Gasteiger partial charge in [0, 0.05) is 12.3 Å². The van der Waals surface area contributed by atoms with E-state index in [1.165, 1.54) is 6.20 Å². The van der Waals surface area contributed by atoms with E-state index in [9.17, 15) is 9.18 Å². The Balaban J connectivity index is 2.89. The third kappa shape index (κ3) is 2.16. The van der Waals surface area contributed by atoms with Crippen LogP contribution in [0.4, 0.5) is 4.39 Å². The quantitative estimate of drug-likeness (QED) is 0.663. The maximum Gasteiger partial charge on any atom is 0.277 e. The highest BCUT2D eigenvalue weighted by Gasteiger charge is 2.01. The molecule has 0 unspecified atom stereocenters. The van der Waals surface area contributed by atoms with Gasteiger partial charge >= 0.3 is 0 Å². The molecule has 0 saturated heterocycles. The number of carbonyl (C=O) groups excluding carboxylic acids is 1. The van der Waals surface area contributed by atoms with Crippen molar-refractivity contribution >= 4 is 12.0 Å². The van der Waals surface area contributed by atoms with Crippen molar-refractivity contribution in [3.05, 3.63) is 35.9 Å². The van der Waals surface area contributed by atoms with Crippen LogP contribution in [0.3, 0.4) is 0 Å². The molecule has 3 nitrogen and oxygen atoms in total. The molecule has 12 heavy (non-hydrogen) atoms. The summed E-state index contributed by atoms with van der Waals surface area (Å²) in [5, 5.41) is 0. The smallest absolute Gasteiger partial charge is 0.277 e. The topological polar surface area (TPSA) is 56.0 Å². The van der Waals surface area contributed by atoms with Crippen LogP contribution >= 0.6 is 0 Å². The molecular formula is C8H7FN2O. The minimum Gasteiger partial charge on any atom is -0.364 e. The molecular weight excluding hydrogens is 159 g/mol. The number of amides is 1. The number of carbonyl (C=O) groups is 1. The van der Waals surface area contributed by atoms with Crippen LogP contribution in [0.25, 0.3) is 6.08 Å². The number of nitrogens with two attached hydrogens (primary N) is 1. The maximum absolute atomic E-state index is 12.6. The van der Waals surface area contributed by atoms with E-state index in [0.717, 1.165) is 6.08 Å². The number of nitrogens with zero attached hydrogens (tertiary/aromatic N) is 1. The number of rotatable bonds is 2. The largest absolute Gasteiger partial charge is 0.364 e. The van der Waals surface area contributed by atoms with Gasteiger partial charge in [-0.2, -0.15) is 0 Å². The minimum absolute atomic E-state index is 0.369. The molecule has 0 spiro atoms. The highest BCUT2D eigenvalue weighted by molar-refractivity contribution is 5.93. The second-order valence-electron chi connectivity index (χ2n) is 2.11. The highest BCUT2D eigenvalue weighted by atomic mass is 19.1. The van der Waals surface area contributed by atoms with Gasteiger partial charge in [-0.25, -0.2) is 4.39 Å². The van der Waals surface area contributed by atoms with Crippen molar-refractivity contribution in [2.45, 2.75) is 0 Å². The van der Waals surface area contributed by atoms with Crippen molar-refractivity contribution < 1.29 is 9.18 Å². The zero-order valence-corrected chi connectivity index (χ0v) is 6.20. The van der Waals surface area contributed by atoms with Crippen molar-refractivity contribution in [3.8, 4) is 0 Å². The van der Waals surface area contributed by atoms with Crippen LogP contribution in [-0.4, -0.2) is 10.9 Å². The summed E-state index contributed by atoms with van der Waals surface area (Å²) >= 11 is 0. The summed E-state index contributed by atoms with van der Waals surface area (Å²) in [6, 6.07) is 4.95. The van der Waals surface area contributed by atoms with Crippen LogP contribution in [-0.2, 0) is 4.79 Å². The molecule has 0 atom stereocenters. The molecule has 1 amide bonds. The molecule has 1 rings (SSSR count). The summed E-state index contributed by atoms with van der Waals surface area (Å²) in [7, 11) is 0. The molecule has 1 aromatic heterocycles.